The monoisotopic (exact) mass is 601 g/mol. The molecule has 0 aliphatic heterocycles. The van der Waals surface area contributed by atoms with Crippen molar-refractivity contribution in [2.45, 2.75) is 54.4 Å². The van der Waals surface area contributed by atoms with Crippen LogP contribution in [0.5, 0.6) is 0 Å². The van der Waals surface area contributed by atoms with Gasteiger partial charge in [-0.2, -0.15) is 0 Å². The number of esters is 2. The summed E-state index contributed by atoms with van der Waals surface area (Å²) in [7, 11) is 0. The highest BCUT2D eigenvalue weighted by Gasteiger charge is 2.15. The van der Waals surface area contributed by atoms with E-state index < -0.39 is 11.9 Å². The normalized spacial score (nSPS) is 10.7. The number of hydrogen-bond donors (Lipinski definition) is 0. The molecule has 0 N–H and O–H groups in total. The van der Waals surface area contributed by atoms with Gasteiger partial charge in [-0.1, -0.05) is 55.6 Å². The lowest BCUT2D eigenvalue weighted by atomic mass is 9.95. The standard InChI is InChI=1S/C40H43NO4/c1-26(2)39(42)44-21-19-33-11-12-34(25-35(33)20-22-45-40(43)27(3)4)32-13-17-36(18-14-32)41(37-15-9-28(5)30(7)23-37)38-16-10-29(6)31(8)24-38/h9-18,23-25H,1,3,19-22H2,2,4-8H3. The third-order valence-electron chi connectivity index (χ3n) is 8.07. The zero-order valence-electron chi connectivity index (χ0n) is 27.3. The van der Waals surface area contributed by atoms with Crippen LogP contribution >= 0.6 is 0 Å². The summed E-state index contributed by atoms with van der Waals surface area (Å²) in [5.74, 6) is -0.810. The molecule has 4 aromatic rings. The minimum absolute atomic E-state index is 0.230. The fraction of sp³-hybridized carbons (Fsp3) is 0.250. The number of nitrogens with zero attached hydrogens (tertiary/aromatic N) is 1. The molecule has 0 unspecified atom stereocenters. The van der Waals surface area contributed by atoms with Crippen LogP contribution in [0.4, 0.5) is 17.1 Å². The fourth-order valence-electron chi connectivity index (χ4n) is 5.02. The van der Waals surface area contributed by atoms with E-state index in [4.69, 9.17) is 9.47 Å². The first-order chi connectivity index (χ1) is 21.4. The second-order valence-corrected chi connectivity index (χ2v) is 11.7. The molecule has 0 saturated carbocycles. The summed E-state index contributed by atoms with van der Waals surface area (Å²) in [6.07, 6.45) is 1.07. The lowest BCUT2D eigenvalue weighted by Crippen LogP contribution is -2.11. The number of ether oxygens (including phenoxy) is 2. The Balaban J connectivity index is 1.65. The molecule has 0 aliphatic carbocycles. The number of rotatable bonds is 12. The topological polar surface area (TPSA) is 55.8 Å². The van der Waals surface area contributed by atoms with Crippen LogP contribution in [0.15, 0.2) is 103 Å². The molecule has 0 amide bonds. The van der Waals surface area contributed by atoms with E-state index in [1.54, 1.807) is 13.8 Å². The van der Waals surface area contributed by atoms with Gasteiger partial charge in [-0.25, -0.2) is 9.59 Å². The van der Waals surface area contributed by atoms with E-state index in [-0.39, 0.29) is 13.2 Å². The maximum atomic E-state index is 12.0. The van der Waals surface area contributed by atoms with Crippen LogP contribution in [0.1, 0.15) is 47.2 Å². The summed E-state index contributed by atoms with van der Waals surface area (Å²) < 4.78 is 10.7. The molecule has 0 atom stereocenters. The third-order valence-corrected chi connectivity index (χ3v) is 8.07. The fourth-order valence-corrected chi connectivity index (χ4v) is 5.02. The Morgan fingerprint density at radius 3 is 1.47 bits per heavy atom. The first-order valence-corrected chi connectivity index (χ1v) is 15.3. The van der Waals surface area contributed by atoms with Gasteiger partial charge < -0.3 is 14.4 Å². The van der Waals surface area contributed by atoms with Gasteiger partial charge in [-0.15, -0.1) is 0 Å². The highest BCUT2D eigenvalue weighted by atomic mass is 16.5. The number of carbonyl (C=O) groups excluding carboxylic acids is 2. The van der Waals surface area contributed by atoms with Crippen molar-refractivity contribution in [2.24, 2.45) is 0 Å². The molecule has 0 aliphatic rings. The van der Waals surface area contributed by atoms with Crippen molar-refractivity contribution >= 4 is 29.0 Å². The van der Waals surface area contributed by atoms with Crippen LogP contribution in [0.2, 0.25) is 0 Å². The molecule has 5 heteroatoms. The van der Waals surface area contributed by atoms with Crippen molar-refractivity contribution in [1.82, 2.24) is 0 Å². The number of anilines is 3. The lowest BCUT2D eigenvalue weighted by Gasteiger charge is -2.27. The first kappa shape index (κ1) is 33.0. The summed E-state index contributed by atoms with van der Waals surface area (Å²) in [4.78, 5) is 26.2. The van der Waals surface area contributed by atoms with Crippen LogP contribution in [0.3, 0.4) is 0 Å². The predicted molar refractivity (Wildman–Crippen MR) is 184 cm³/mol. The molecule has 0 fully saturated rings. The van der Waals surface area contributed by atoms with E-state index in [1.165, 1.54) is 22.3 Å². The van der Waals surface area contributed by atoms with Gasteiger partial charge in [0.2, 0.25) is 0 Å². The average Bonchev–Trinajstić information content (AvgIpc) is 3.01. The predicted octanol–water partition coefficient (Wildman–Crippen LogP) is 9.38. The van der Waals surface area contributed by atoms with E-state index in [0.717, 1.165) is 39.3 Å². The Kier molecular flexibility index (Phi) is 10.8. The van der Waals surface area contributed by atoms with Crippen molar-refractivity contribution in [3.05, 3.63) is 137 Å². The van der Waals surface area contributed by atoms with Crippen molar-refractivity contribution < 1.29 is 19.1 Å². The van der Waals surface area contributed by atoms with Crippen LogP contribution in [0, 0.1) is 27.7 Å². The van der Waals surface area contributed by atoms with Crippen LogP contribution in [-0.4, -0.2) is 25.2 Å². The highest BCUT2D eigenvalue weighted by Crippen LogP contribution is 2.37. The third kappa shape index (κ3) is 8.39. The summed E-state index contributed by atoms with van der Waals surface area (Å²) in [6, 6.07) is 28.0. The lowest BCUT2D eigenvalue weighted by molar-refractivity contribution is -0.139. The minimum Gasteiger partial charge on any atom is -0.462 e. The number of carbonyl (C=O) groups is 2. The maximum Gasteiger partial charge on any atom is 0.333 e. The van der Waals surface area contributed by atoms with E-state index >= 15 is 0 Å². The van der Waals surface area contributed by atoms with E-state index in [0.29, 0.717) is 24.0 Å². The molecule has 5 nitrogen and oxygen atoms in total. The molecule has 0 heterocycles. The van der Waals surface area contributed by atoms with Crippen LogP contribution < -0.4 is 4.90 Å². The molecule has 0 aromatic heterocycles. The van der Waals surface area contributed by atoms with Gasteiger partial charge in [0.25, 0.3) is 0 Å². The second-order valence-electron chi connectivity index (χ2n) is 11.7. The summed E-state index contributed by atoms with van der Waals surface area (Å²) in [5, 5.41) is 0. The Bertz CT molecular complexity index is 1680. The summed E-state index contributed by atoms with van der Waals surface area (Å²) in [6.45, 7) is 19.6. The van der Waals surface area contributed by atoms with Gasteiger partial charge in [-0.3, -0.25) is 0 Å². The Labute approximate surface area is 267 Å². The van der Waals surface area contributed by atoms with E-state index in [9.17, 15) is 9.59 Å². The molecule has 0 spiro atoms. The molecule has 232 valence electrons. The minimum atomic E-state index is -0.407. The van der Waals surface area contributed by atoms with E-state index in [1.807, 2.05) is 0 Å². The van der Waals surface area contributed by atoms with Gasteiger partial charge in [0.15, 0.2) is 0 Å². The van der Waals surface area contributed by atoms with Crippen molar-refractivity contribution in [2.75, 3.05) is 18.1 Å². The van der Waals surface area contributed by atoms with Gasteiger partial charge in [-0.05, 0) is 122 Å². The largest absolute Gasteiger partial charge is 0.462 e. The average molecular weight is 602 g/mol. The maximum absolute atomic E-state index is 12.0. The molecule has 0 saturated heterocycles. The Morgan fingerprint density at radius 1 is 0.556 bits per heavy atom. The molecule has 45 heavy (non-hydrogen) atoms. The van der Waals surface area contributed by atoms with Crippen LogP contribution in [-0.2, 0) is 31.9 Å². The first-order valence-electron chi connectivity index (χ1n) is 15.3. The molecule has 0 bridgehead atoms. The SMILES string of the molecule is C=C(C)C(=O)OCCc1ccc(-c2ccc(N(c3ccc(C)c(C)c3)c3ccc(C)c(C)c3)cc2)cc1CCOC(=O)C(=C)C. The van der Waals surface area contributed by atoms with Crippen LogP contribution in [0.25, 0.3) is 11.1 Å². The zero-order valence-corrected chi connectivity index (χ0v) is 27.3. The van der Waals surface area contributed by atoms with E-state index in [2.05, 4.69) is 125 Å². The Morgan fingerprint density at radius 2 is 1.00 bits per heavy atom. The molecule has 4 rings (SSSR count). The zero-order chi connectivity index (χ0) is 32.7. The Hall–Kier alpha value is -4.90. The van der Waals surface area contributed by atoms with Gasteiger partial charge in [0.05, 0.1) is 13.2 Å². The number of hydrogen-bond acceptors (Lipinski definition) is 5. The highest BCUT2D eigenvalue weighted by molar-refractivity contribution is 5.87. The number of aryl methyl sites for hydroxylation is 4. The molecular formula is C40H43NO4. The molecular weight excluding hydrogens is 558 g/mol. The summed E-state index contributed by atoms with van der Waals surface area (Å²) >= 11 is 0. The van der Waals surface area contributed by atoms with Gasteiger partial charge in [0.1, 0.15) is 0 Å². The molecule has 0 radical (unpaired) electrons. The van der Waals surface area contributed by atoms with Crippen molar-refractivity contribution in [3.8, 4) is 11.1 Å². The smallest absolute Gasteiger partial charge is 0.333 e. The van der Waals surface area contributed by atoms with Gasteiger partial charge >= 0.3 is 11.9 Å². The number of benzene rings is 4. The second kappa shape index (κ2) is 14.7. The summed E-state index contributed by atoms with van der Waals surface area (Å²) in [5.41, 5.74) is 13.2. The van der Waals surface area contributed by atoms with Gasteiger partial charge in [0, 0.05) is 41.1 Å². The molecule has 4 aromatic carbocycles. The quantitative estimate of drug-likeness (QED) is 0.120. The van der Waals surface area contributed by atoms with Crippen molar-refractivity contribution in [1.29, 1.82) is 0 Å². The van der Waals surface area contributed by atoms with Crippen molar-refractivity contribution in [3.63, 3.8) is 0 Å².